The number of ether oxygens (including phenoxy) is 1. The molecule has 1 unspecified atom stereocenters. The van der Waals surface area contributed by atoms with Crippen molar-refractivity contribution >= 4 is 37.4 Å². The van der Waals surface area contributed by atoms with Gasteiger partial charge in [0.15, 0.2) is 0 Å². The van der Waals surface area contributed by atoms with Crippen molar-refractivity contribution < 1.29 is 9.26 Å². The summed E-state index contributed by atoms with van der Waals surface area (Å²) in [5, 5.41) is 9.06. The summed E-state index contributed by atoms with van der Waals surface area (Å²) < 4.78 is 13.4. The van der Waals surface area contributed by atoms with Gasteiger partial charge in [0.2, 0.25) is 0 Å². The number of nitrogens with one attached hydrogen (secondary N) is 1. The van der Waals surface area contributed by atoms with Crippen LogP contribution in [0.3, 0.4) is 0 Å². The van der Waals surface area contributed by atoms with Gasteiger partial charge in [0.05, 0.1) is 14.8 Å². The van der Waals surface area contributed by atoms with E-state index in [4.69, 9.17) is 9.26 Å². The van der Waals surface area contributed by atoms with Gasteiger partial charge < -0.3 is 9.26 Å². The van der Waals surface area contributed by atoms with Crippen LogP contribution >= 0.6 is 16.2 Å². The second-order valence-corrected chi connectivity index (χ2v) is 14.5. The minimum atomic E-state index is -1.05. The Morgan fingerprint density at radius 3 is 1.58 bits per heavy atom. The molecule has 43 heavy (non-hydrogen) atoms. The van der Waals surface area contributed by atoms with Crippen molar-refractivity contribution in [3.05, 3.63) is 150 Å². The minimum Gasteiger partial charge on any atom is -0.493 e. The van der Waals surface area contributed by atoms with Gasteiger partial charge in [-0.05, 0) is 66.6 Å². The average Bonchev–Trinajstić information content (AvgIpc) is 3.05. The van der Waals surface area contributed by atoms with Crippen molar-refractivity contribution in [2.45, 2.75) is 46.3 Å². The van der Waals surface area contributed by atoms with Crippen LogP contribution in [-0.4, -0.2) is 12.6 Å². The Hall–Kier alpha value is -3.32. The van der Waals surface area contributed by atoms with E-state index in [1.54, 1.807) is 0 Å². The van der Waals surface area contributed by atoms with Gasteiger partial charge in [0.25, 0.3) is 0 Å². The lowest BCUT2D eigenvalue weighted by Gasteiger charge is -2.33. The summed E-state index contributed by atoms with van der Waals surface area (Å²) in [4.78, 5) is 0. The van der Waals surface area contributed by atoms with Crippen molar-refractivity contribution in [1.82, 2.24) is 5.09 Å². The zero-order valence-corrected chi connectivity index (χ0v) is 27.3. The Morgan fingerprint density at radius 2 is 1.09 bits per heavy atom. The molecule has 3 atom stereocenters. The van der Waals surface area contributed by atoms with Gasteiger partial charge in [-0.2, -0.15) is 0 Å². The van der Waals surface area contributed by atoms with Crippen LogP contribution in [0.1, 0.15) is 43.1 Å². The predicted octanol–water partition coefficient (Wildman–Crippen LogP) is 8.22. The summed E-state index contributed by atoms with van der Waals surface area (Å²) in [6, 6.07) is 47.3. The molecule has 1 N–H and O–H groups in total. The Morgan fingerprint density at radius 1 is 0.628 bits per heavy atom. The van der Waals surface area contributed by atoms with E-state index in [1.165, 1.54) is 37.9 Å². The fraction of sp³-hybridized carbons (Fsp3) is 0.211. The van der Waals surface area contributed by atoms with E-state index in [9.17, 15) is 0 Å². The lowest BCUT2D eigenvalue weighted by molar-refractivity contribution is 0.200. The normalized spacial score (nSPS) is 13.4. The van der Waals surface area contributed by atoms with Gasteiger partial charge >= 0.3 is 0 Å². The van der Waals surface area contributed by atoms with Crippen LogP contribution in [0.2, 0.25) is 0 Å². The average molecular weight is 606 g/mol. The van der Waals surface area contributed by atoms with Crippen LogP contribution < -0.4 is 31.0 Å². The van der Waals surface area contributed by atoms with Gasteiger partial charge in [0.1, 0.15) is 11.9 Å². The van der Waals surface area contributed by atoms with Crippen molar-refractivity contribution in [2.75, 3.05) is 6.61 Å². The van der Waals surface area contributed by atoms with Crippen LogP contribution in [0.4, 0.5) is 0 Å². The van der Waals surface area contributed by atoms with Crippen molar-refractivity contribution in [3.63, 3.8) is 0 Å². The molecule has 0 saturated carbocycles. The van der Waals surface area contributed by atoms with Crippen molar-refractivity contribution in [2.24, 2.45) is 0 Å². The second-order valence-electron chi connectivity index (χ2n) is 10.7. The Bertz CT molecular complexity index is 1490. The Balaban J connectivity index is 1.53. The van der Waals surface area contributed by atoms with E-state index in [-0.39, 0.29) is 12.1 Å². The summed E-state index contributed by atoms with van der Waals surface area (Å²) in [6.07, 6.45) is 0.821. The van der Waals surface area contributed by atoms with Crippen LogP contribution in [0.5, 0.6) is 5.75 Å². The van der Waals surface area contributed by atoms with Crippen molar-refractivity contribution in [3.8, 4) is 5.75 Å². The molecule has 0 fully saturated rings. The third kappa shape index (κ3) is 7.99. The smallest absolute Gasteiger partial charge is 0.125 e. The SMILES string of the molecule is CCCOc1c(C)cc(P(N[C@@H](C)[C@H](OP(c2ccccc2)c2ccccc2)c2ccccc2)c2ccccc2)cc1C. The van der Waals surface area contributed by atoms with E-state index in [0.717, 1.165) is 18.8 Å². The highest BCUT2D eigenvalue weighted by molar-refractivity contribution is 7.71. The minimum absolute atomic E-state index is 0.0165. The lowest BCUT2D eigenvalue weighted by Crippen LogP contribution is -2.36. The maximum Gasteiger partial charge on any atom is 0.125 e. The fourth-order valence-corrected chi connectivity index (χ4v) is 9.44. The van der Waals surface area contributed by atoms with Gasteiger partial charge in [-0.3, -0.25) is 5.09 Å². The number of rotatable bonds is 13. The molecule has 0 aliphatic carbocycles. The molecule has 0 aliphatic rings. The van der Waals surface area contributed by atoms with Gasteiger partial charge in [-0.15, -0.1) is 0 Å². The summed E-state index contributed by atoms with van der Waals surface area (Å²) in [6.45, 7) is 9.45. The Kier molecular flexibility index (Phi) is 11.2. The molecule has 0 bridgehead atoms. The molecule has 0 aliphatic heterocycles. The molecule has 5 rings (SSSR count). The van der Waals surface area contributed by atoms with E-state index < -0.39 is 16.2 Å². The molecule has 3 nitrogen and oxygen atoms in total. The second kappa shape index (κ2) is 15.4. The van der Waals surface area contributed by atoms with Crippen molar-refractivity contribution in [1.29, 1.82) is 0 Å². The molecular formula is C38H41NO2P2. The van der Waals surface area contributed by atoms with E-state index in [2.05, 4.69) is 166 Å². The topological polar surface area (TPSA) is 30.5 Å². The lowest BCUT2D eigenvalue weighted by atomic mass is 10.0. The highest BCUT2D eigenvalue weighted by Crippen LogP contribution is 2.44. The number of aryl methyl sites for hydroxylation is 2. The van der Waals surface area contributed by atoms with Gasteiger partial charge in [-0.1, -0.05) is 128 Å². The predicted molar refractivity (Wildman–Crippen MR) is 186 cm³/mol. The standard InChI is InChI=1S/C38H41NO2P2/c1-5-26-40-37-29(2)27-36(28-30(37)3)42(33-20-12-7-13-21-33)39-31(4)38(32-18-10-6-11-19-32)41-43(34-22-14-8-15-23-34)35-24-16-9-17-25-35/h6-25,27-28,31,38-39H,5,26H2,1-4H3/t31-,38-,42?/m0/s1. The fourth-order valence-electron chi connectivity index (χ4n) is 5.23. The summed E-state index contributed by atoms with van der Waals surface area (Å²) >= 11 is 0. The Labute approximate surface area is 259 Å². The molecule has 5 aromatic rings. The largest absolute Gasteiger partial charge is 0.493 e. The molecule has 5 heteroatoms. The van der Waals surface area contributed by atoms with Gasteiger partial charge in [0, 0.05) is 24.7 Å². The molecule has 0 radical (unpaired) electrons. The number of benzene rings is 5. The van der Waals surface area contributed by atoms with Crippen LogP contribution in [0.15, 0.2) is 133 Å². The van der Waals surface area contributed by atoms with E-state index in [1.807, 2.05) is 0 Å². The molecule has 0 aromatic heterocycles. The first-order valence-electron chi connectivity index (χ1n) is 15.0. The molecule has 0 spiro atoms. The van der Waals surface area contributed by atoms with Crippen LogP contribution in [0, 0.1) is 13.8 Å². The third-order valence-electron chi connectivity index (χ3n) is 7.28. The summed E-state index contributed by atoms with van der Waals surface area (Å²) in [5.41, 5.74) is 3.52. The molecular weight excluding hydrogens is 564 g/mol. The molecule has 220 valence electrons. The zero-order chi connectivity index (χ0) is 30.0. The first kappa shape index (κ1) is 31.1. The molecule has 0 saturated heterocycles. The monoisotopic (exact) mass is 605 g/mol. The zero-order valence-electron chi connectivity index (χ0n) is 25.5. The highest BCUT2D eigenvalue weighted by atomic mass is 31.1. The van der Waals surface area contributed by atoms with Crippen LogP contribution in [-0.2, 0) is 4.52 Å². The maximum absolute atomic E-state index is 7.25. The van der Waals surface area contributed by atoms with E-state index in [0.29, 0.717) is 0 Å². The van der Waals surface area contributed by atoms with E-state index >= 15 is 0 Å². The molecule has 5 aromatic carbocycles. The third-order valence-corrected chi connectivity index (χ3v) is 11.5. The molecule has 0 amide bonds. The van der Waals surface area contributed by atoms with Gasteiger partial charge in [-0.25, -0.2) is 0 Å². The summed E-state index contributed by atoms with van der Waals surface area (Å²) in [5.74, 6) is 1.00. The first-order valence-corrected chi connectivity index (χ1v) is 17.6. The number of hydrogen-bond acceptors (Lipinski definition) is 3. The first-order chi connectivity index (χ1) is 21.0. The highest BCUT2D eigenvalue weighted by Gasteiger charge is 2.29. The quantitative estimate of drug-likeness (QED) is 0.137. The molecule has 0 heterocycles. The summed E-state index contributed by atoms with van der Waals surface area (Å²) in [7, 11) is -1.93. The van der Waals surface area contributed by atoms with Crippen LogP contribution in [0.25, 0.3) is 0 Å². The maximum atomic E-state index is 7.25. The number of hydrogen-bond donors (Lipinski definition) is 1.